The molecule has 0 aliphatic carbocycles. The van der Waals surface area contributed by atoms with Crippen LogP contribution in [0.3, 0.4) is 0 Å². The van der Waals surface area contributed by atoms with E-state index >= 15 is 0 Å². The van der Waals surface area contributed by atoms with Crippen molar-refractivity contribution < 1.29 is 14.3 Å². The van der Waals surface area contributed by atoms with Crippen LogP contribution in [0.4, 0.5) is 4.39 Å². The topological polar surface area (TPSA) is 52.6 Å². The average Bonchev–Trinajstić information content (AvgIpc) is 2.35. The summed E-state index contributed by atoms with van der Waals surface area (Å²) < 4.78 is 13.6. The molecule has 1 aromatic rings. The molecule has 106 valence electrons. The van der Waals surface area contributed by atoms with E-state index < -0.39 is 5.97 Å². The lowest BCUT2D eigenvalue weighted by atomic mass is 10.1. The van der Waals surface area contributed by atoms with Crippen molar-refractivity contribution in [2.45, 2.75) is 25.9 Å². The highest BCUT2D eigenvalue weighted by atomic mass is 19.1. The van der Waals surface area contributed by atoms with Gasteiger partial charge in [-0.05, 0) is 52.2 Å². The normalized spacial score (nSPS) is 12.7. The van der Waals surface area contributed by atoms with Crippen LogP contribution in [0.5, 0.6) is 0 Å². The molecule has 0 saturated heterocycles. The standard InChI is InChI=1S/C14H21FN2O2/c1-10(6-7-17(2)3)16-9-12-8-11(14(18)19)4-5-13(12)15/h4-5,8,10,16H,6-7,9H2,1-3H3,(H,18,19). The smallest absolute Gasteiger partial charge is 0.335 e. The lowest BCUT2D eigenvalue weighted by Gasteiger charge is -2.17. The molecule has 1 unspecified atom stereocenters. The molecule has 0 bridgehead atoms. The summed E-state index contributed by atoms with van der Waals surface area (Å²) in [6.45, 7) is 3.32. The number of halogens is 1. The Kier molecular flexibility index (Phi) is 5.92. The number of nitrogens with one attached hydrogen (secondary N) is 1. The quantitative estimate of drug-likeness (QED) is 0.793. The molecule has 0 spiro atoms. The summed E-state index contributed by atoms with van der Waals surface area (Å²) in [5.74, 6) is -1.42. The third kappa shape index (κ3) is 5.36. The molecule has 0 amide bonds. The molecule has 0 fully saturated rings. The highest BCUT2D eigenvalue weighted by molar-refractivity contribution is 5.87. The second-order valence-electron chi connectivity index (χ2n) is 4.99. The zero-order valence-corrected chi connectivity index (χ0v) is 11.6. The molecule has 0 aliphatic heterocycles. The van der Waals surface area contributed by atoms with Crippen LogP contribution in [-0.4, -0.2) is 42.7 Å². The molecule has 4 nitrogen and oxygen atoms in total. The van der Waals surface area contributed by atoms with E-state index in [1.807, 2.05) is 21.0 Å². The maximum atomic E-state index is 13.6. The first-order chi connectivity index (χ1) is 8.90. The molecule has 19 heavy (non-hydrogen) atoms. The fourth-order valence-electron chi connectivity index (χ4n) is 1.68. The van der Waals surface area contributed by atoms with Gasteiger partial charge in [-0.15, -0.1) is 0 Å². The Hall–Kier alpha value is -1.46. The number of carbonyl (C=O) groups is 1. The van der Waals surface area contributed by atoms with Gasteiger partial charge in [0.05, 0.1) is 5.56 Å². The largest absolute Gasteiger partial charge is 0.478 e. The minimum atomic E-state index is -1.04. The fraction of sp³-hybridized carbons (Fsp3) is 0.500. The molecule has 0 saturated carbocycles. The van der Waals surface area contributed by atoms with Gasteiger partial charge in [-0.3, -0.25) is 0 Å². The van der Waals surface area contributed by atoms with Crippen molar-refractivity contribution in [2.24, 2.45) is 0 Å². The number of rotatable bonds is 7. The van der Waals surface area contributed by atoms with Gasteiger partial charge in [0, 0.05) is 18.2 Å². The molecule has 1 aromatic carbocycles. The van der Waals surface area contributed by atoms with Crippen LogP contribution < -0.4 is 5.32 Å². The zero-order chi connectivity index (χ0) is 14.4. The maximum Gasteiger partial charge on any atom is 0.335 e. The lowest BCUT2D eigenvalue weighted by molar-refractivity contribution is 0.0696. The first-order valence-electron chi connectivity index (χ1n) is 6.30. The van der Waals surface area contributed by atoms with E-state index in [-0.39, 0.29) is 17.4 Å². The van der Waals surface area contributed by atoms with Crippen molar-refractivity contribution >= 4 is 5.97 Å². The van der Waals surface area contributed by atoms with E-state index in [9.17, 15) is 9.18 Å². The predicted octanol–water partition coefficient (Wildman–Crippen LogP) is 1.95. The summed E-state index contributed by atoms with van der Waals surface area (Å²) in [4.78, 5) is 12.9. The highest BCUT2D eigenvalue weighted by Crippen LogP contribution is 2.11. The number of hydrogen-bond donors (Lipinski definition) is 2. The molecule has 0 heterocycles. The van der Waals surface area contributed by atoms with Crippen LogP contribution >= 0.6 is 0 Å². The Balaban J connectivity index is 2.57. The van der Waals surface area contributed by atoms with Crippen molar-refractivity contribution in [3.8, 4) is 0 Å². The Morgan fingerprint density at radius 2 is 2.16 bits per heavy atom. The molecule has 1 rings (SSSR count). The van der Waals surface area contributed by atoms with E-state index in [1.54, 1.807) is 0 Å². The third-order valence-electron chi connectivity index (χ3n) is 2.94. The van der Waals surface area contributed by atoms with Crippen LogP contribution in [0.1, 0.15) is 29.3 Å². The SMILES string of the molecule is CC(CCN(C)C)NCc1cc(C(=O)O)ccc1F. The first kappa shape index (κ1) is 15.6. The zero-order valence-electron chi connectivity index (χ0n) is 11.6. The van der Waals surface area contributed by atoms with E-state index in [0.29, 0.717) is 12.1 Å². The second-order valence-corrected chi connectivity index (χ2v) is 4.99. The van der Waals surface area contributed by atoms with Crippen LogP contribution in [0.25, 0.3) is 0 Å². The number of hydrogen-bond acceptors (Lipinski definition) is 3. The maximum absolute atomic E-state index is 13.6. The van der Waals surface area contributed by atoms with Gasteiger partial charge in [0.1, 0.15) is 5.82 Å². The molecular weight excluding hydrogens is 247 g/mol. The molecule has 0 aliphatic rings. The van der Waals surface area contributed by atoms with Crippen LogP contribution in [-0.2, 0) is 6.54 Å². The van der Waals surface area contributed by atoms with Gasteiger partial charge in [0.25, 0.3) is 0 Å². The van der Waals surface area contributed by atoms with E-state index in [2.05, 4.69) is 10.2 Å². The van der Waals surface area contributed by atoms with Crippen LogP contribution in [0.15, 0.2) is 18.2 Å². The van der Waals surface area contributed by atoms with Gasteiger partial charge in [-0.25, -0.2) is 9.18 Å². The summed E-state index contributed by atoms with van der Waals surface area (Å²) in [6.07, 6.45) is 0.952. The highest BCUT2D eigenvalue weighted by Gasteiger charge is 2.09. The molecule has 2 N–H and O–H groups in total. The predicted molar refractivity (Wildman–Crippen MR) is 72.8 cm³/mol. The van der Waals surface area contributed by atoms with Gasteiger partial charge >= 0.3 is 5.97 Å². The summed E-state index contributed by atoms with van der Waals surface area (Å²) >= 11 is 0. The lowest BCUT2D eigenvalue weighted by Crippen LogP contribution is -2.29. The second kappa shape index (κ2) is 7.21. The third-order valence-corrected chi connectivity index (χ3v) is 2.94. The minimum absolute atomic E-state index is 0.110. The number of carboxylic acids is 1. The van der Waals surface area contributed by atoms with Gasteiger partial charge in [0.2, 0.25) is 0 Å². The molecule has 5 heteroatoms. The molecule has 0 radical (unpaired) electrons. The van der Waals surface area contributed by atoms with Crippen molar-refractivity contribution in [3.63, 3.8) is 0 Å². The number of benzene rings is 1. The molecule has 0 aromatic heterocycles. The average molecular weight is 268 g/mol. The minimum Gasteiger partial charge on any atom is -0.478 e. The number of carboxylic acid groups (broad SMARTS) is 1. The van der Waals surface area contributed by atoms with Gasteiger partial charge < -0.3 is 15.3 Å². The molecule has 1 atom stereocenters. The summed E-state index contributed by atoms with van der Waals surface area (Å²) in [5.41, 5.74) is 0.496. The Labute approximate surface area is 113 Å². The van der Waals surface area contributed by atoms with Crippen molar-refractivity contribution in [1.82, 2.24) is 10.2 Å². The van der Waals surface area contributed by atoms with E-state index in [0.717, 1.165) is 13.0 Å². The van der Waals surface area contributed by atoms with Gasteiger partial charge in [0.15, 0.2) is 0 Å². The van der Waals surface area contributed by atoms with Crippen LogP contribution in [0, 0.1) is 5.82 Å². The fourth-order valence-corrected chi connectivity index (χ4v) is 1.68. The van der Waals surface area contributed by atoms with Crippen molar-refractivity contribution in [2.75, 3.05) is 20.6 Å². The molecular formula is C14H21FN2O2. The number of nitrogens with zero attached hydrogens (tertiary/aromatic N) is 1. The van der Waals surface area contributed by atoms with E-state index in [4.69, 9.17) is 5.11 Å². The number of aromatic carboxylic acids is 1. The summed E-state index contributed by atoms with van der Waals surface area (Å²) in [6, 6.07) is 4.10. The van der Waals surface area contributed by atoms with E-state index in [1.165, 1.54) is 18.2 Å². The van der Waals surface area contributed by atoms with Gasteiger partial charge in [-0.2, -0.15) is 0 Å². The monoisotopic (exact) mass is 268 g/mol. The summed E-state index contributed by atoms with van der Waals surface area (Å²) in [7, 11) is 4.01. The summed E-state index contributed by atoms with van der Waals surface area (Å²) in [5, 5.41) is 12.1. The van der Waals surface area contributed by atoms with Crippen molar-refractivity contribution in [3.05, 3.63) is 35.1 Å². The van der Waals surface area contributed by atoms with Gasteiger partial charge in [-0.1, -0.05) is 0 Å². The Bertz CT molecular complexity index is 435. The van der Waals surface area contributed by atoms with Crippen LogP contribution in [0.2, 0.25) is 0 Å². The first-order valence-corrected chi connectivity index (χ1v) is 6.30. The Morgan fingerprint density at radius 3 is 2.74 bits per heavy atom. The Morgan fingerprint density at radius 1 is 1.47 bits per heavy atom. The van der Waals surface area contributed by atoms with Crippen molar-refractivity contribution in [1.29, 1.82) is 0 Å².